The molecule has 0 unspecified atom stereocenters. The van der Waals surface area contributed by atoms with Gasteiger partial charge in [0.05, 0.1) is 13.1 Å². The average molecular weight is 208 g/mol. The molecule has 0 atom stereocenters. The van der Waals surface area contributed by atoms with Gasteiger partial charge in [-0.25, -0.2) is 0 Å². The largest absolute Gasteiger partial charge is 0.288 e. The molecule has 0 heterocycles. The molecule has 0 fully saturated rings. The molecule has 0 aromatic heterocycles. The second kappa shape index (κ2) is 5.31. The van der Waals surface area contributed by atoms with Crippen LogP contribution < -0.4 is 0 Å². The van der Waals surface area contributed by atoms with Gasteiger partial charge in [0.15, 0.2) is 0 Å². The Kier molecular flexibility index (Phi) is 5.16. The Labute approximate surface area is 83.0 Å². The maximum absolute atomic E-state index is 10.6. The van der Waals surface area contributed by atoms with E-state index in [0.717, 1.165) is 0 Å². The fourth-order valence-corrected chi connectivity index (χ4v) is 0.683. The number of nitrogens with zero attached hydrogens (tertiary/aromatic N) is 2. The lowest BCUT2D eigenvalue weighted by atomic mass is 10.5. The lowest BCUT2D eigenvalue weighted by molar-refractivity contribution is -0.126. The van der Waals surface area contributed by atoms with Gasteiger partial charge in [-0.2, -0.15) is 0 Å². The van der Waals surface area contributed by atoms with E-state index in [0.29, 0.717) is 13.1 Å². The smallest absolute Gasteiger partial charge is 0.229 e. The van der Waals surface area contributed by atoms with Gasteiger partial charge >= 0.3 is 0 Å². The van der Waals surface area contributed by atoms with Crippen molar-refractivity contribution in [3.8, 4) is 0 Å². The van der Waals surface area contributed by atoms with Crippen molar-refractivity contribution in [3.63, 3.8) is 0 Å². The Morgan fingerprint density at radius 2 is 1.25 bits per heavy atom. The first-order chi connectivity index (χ1) is 5.45. The number of rotatable bonds is 3. The summed E-state index contributed by atoms with van der Waals surface area (Å²) in [4.78, 5) is 21.3. The van der Waals surface area contributed by atoms with Crippen LogP contribution in [0.5, 0.6) is 0 Å². The second-order valence-corrected chi connectivity index (χ2v) is 3.25. The summed E-state index contributed by atoms with van der Waals surface area (Å²) < 4.78 is 2.46. The molecule has 0 saturated heterocycles. The second-order valence-electron chi connectivity index (χ2n) is 2.28. The van der Waals surface area contributed by atoms with Crippen LogP contribution in [-0.2, 0) is 9.59 Å². The lowest BCUT2D eigenvalue weighted by Gasteiger charge is -2.17. The first-order valence-corrected chi connectivity index (χ1v) is 4.19. The highest BCUT2D eigenvalue weighted by molar-refractivity contribution is 7.78. The van der Waals surface area contributed by atoms with E-state index < -0.39 is 0 Å². The number of carbonyl (C=O) groups is 2. The zero-order valence-corrected chi connectivity index (χ0v) is 8.81. The van der Waals surface area contributed by atoms with Crippen molar-refractivity contribution >= 4 is 37.4 Å². The molecule has 0 N–H and O–H groups in total. The van der Waals surface area contributed by atoms with Crippen LogP contribution in [0.15, 0.2) is 0 Å². The van der Waals surface area contributed by atoms with Crippen LogP contribution >= 0.6 is 25.6 Å². The van der Waals surface area contributed by atoms with Gasteiger partial charge in [0.25, 0.3) is 0 Å². The van der Waals surface area contributed by atoms with Gasteiger partial charge in [-0.3, -0.25) is 18.2 Å². The summed E-state index contributed by atoms with van der Waals surface area (Å²) in [6, 6.07) is 0. The molecule has 12 heavy (non-hydrogen) atoms. The van der Waals surface area contributed by atoms with Crippen LogP contribution in [0.4, 0.5) is 0 Å². The first-order valence-electron chi connectivity index (χ1n) is 3.39. The van der Waals surface area contributed by atoms with Gasteiger partial charge in [0.2, 0.25) is 11.8 Å². The van der Waals surface area contributed by atoms with Gasteiger partial charge in [0, 0.05) is 13.8 Å². The van der Waals surface area contributed by atoms with Crippen molar-refractivity contribution in [3.05, 3.63) is 0 Å². The minimum atomic E-state index is -0.149. The highest BCUT2D eigenvalue weighted by Crippen LogP contribution is 1.98. The molecule has 0 saturated carbocycles. The van der Waals surface area contributed by atoms with E-state index in [4.69, 9.17) is 0 Å². The van der Waals surface area contributed by atoms with E-state index in [2.05, 4.69) is 25.6 Å². The number of hydrogen-bond acceptors (Lipinski definition) is 4. The van der Waals surface area contributed by atoms with Gasteiger partial charge in [-0.1, -0.05) is 25.6 Å². The fourth-order valence-electron chi connectivity index (χ4n) is 0.504. The van der Waals surface area contributed by atoms with Crippen molar-refractivity contribution in [1.82, 2.24) is 8.61 Å². The summed E-state index contributed by atoms with van der Waals surface area (Å²) in [6.07, 6.45) is 0. The number of carbonyl (C=O) groups excluding carboxylic acids is 2. The van der Waals surface area contributed by atoms with E-state index >= 15 is 0 Å². The number of thiol groups is 2. The molecule has 0 rings (SSSR count). The van der Waals surface area contributed by atoms with Crippen LogP contribution in [0.2, 0.25) is 0 Å². The molecular weight excluding hydrogens is 196 g/mol. The van der Waals surface area contributed by atoms with Crippen molar-refractivity contribution < 1.29 is 9.59 Å². The Balaban J connectivity index is 3.68. The summed E-state index contributed by atoms with van der Waals surface area (Å²) in [5.41, 5.74) is 0. The molecule has 0 aliphatic heterocycles. The van der Waals surface area contributed by atoms with E-state index in [9.17, 15) is 9.59 Å². The maximum Gasteiger partial charge on any atom is 0.229 e. The molecule has 0 aliphatic carbocycles. The van der Waals surface area contributed by atoms with E-state index in [1.54, 1.807) is 0 Å². The third kappa shape index (κ3) is 4.50. The molecule has 6 heteroatoms. The van der Waals surface area contributed by atoms with E-state index in [-0.39, 0.29) is 11.8 Å². The Morgan fingerprint density at radius 1 is 1.00 bits per heavy atom. The van der Waals surface area contributed by atoms with Gasteiger partial charge in [-0.15, -0.1) is 0 Å². The molecule has 0 aromatic carbocycles. The molecule has 2 amide bonds. The van der Waals surface area contributed by atoms with E-state index in [1.165, 1.54) is 22.5 Å². The molecule has 0 radical (unpaired) electrons. The molecule has 0 aromatic rings. The number of amides is 2. The fraction of sp³-hybridized carbons (Fsp3) is 0.667. The van der Waals surface area contributed by atoms with Gasteiger partial charge in [0.1, 0.15) is 0 Å². The molecule has 70 valence electrons. The quantitative estimate of drug-likeness (QED) is 0.658. The molecular formula is C6H12N2O2S2. The summed E-state index contributed by atoms with van der Waals surface area (Å²) in [6.45, 7) is 3.57. The standard InChI is InChI=1S/C6H12N2O2S2/c1-5(9)7(11)3-4-8(12)6(2)10/h11-12H,3-4H2,1-2H3. The summed E-state index contributed by atoms with van der Waals surface area (Å²) in [5.74, 6) is -0.299. The van der Waals surface area contributed by atoms with Crippen LogP contribution in [0.1, 0.15) is 13.8 Å². The lowest BCUT2D eigenvalue weighted by Crippen LogP contribution is -2.30. The van der Waals surface area contributed by atoms with Crippen LogP contribution in [0.3, 0.4) is 0 Å². The van der Waals surface area contributed by atoms with Gasteiger partial charge < -0.3 is 0 Å². The third-order valence-corrected chi connectivity index (χ3v) is 2.21. The number of hydrogen-bond donors (Lipinski definition) is 2. The summed E-state index contributed by atoms with van der Waals surface area (Å²) in [5, 5.41) is 0. The predicted octanol–water partition coefficient (Wildman–Crippen LogP) is 0.373. The SMILES string of the molecule is CC(=O)N(S)CCN(S)C(C)=O. The van der Waals surface area contributed by atoms with Crippen molar-refractivity contribution in [1.29, 1.82) is 0 Å². The van der Waals surface area contributed by atoms with Crippen LogP contribution in [-0.4, -0.2) is 33.5 Å². The van der Waals surface area contributed by atoms with Crippen LogP contribution in [0, 0.1) is 0 Å². The third-order valence-electron chi connectivity index (χ3n) is 1.25. The minimum absolute atomic E-state index is 0.149. The Morgan fingerprint density at radius 3 is 1.42 bits per heavy atom. The summed E-state index contributed by atoms with van der Waals surface area (Å²) >= 11 is 7.76. The molecule has 0 spiro atoms. The minimum Gasteiger partial charge on any atom is -0.288 e. The predicted molar refractivity (Wildman–Crippen MR) is 52.7 cm³/mol. The normalized spacial score (nSPS) is 9.33. The topological polar surface area (TPSA) is 40.6 Å². The molecule has 0 aliphatic rings. The Bertz CT molecular complexity index is 166. The van der Waals surface area contributed by atoms with Crippen molar-refractivity contribution in [2.75, 3.05) is 13.1 Å². The van der Waals surface area contributed by atoms with E-state index in [1.807, 2.05) is 0 Å². The first kappa shape index (κ1) is 11.6. The molecule has 4 nitrogen and oxygen atoms in total. The van der Waals surface area contributed by atoms with Crippen molar-refractivity contribution in [2.24, 2.45) is 0 Å². The zero-order valence-electron chi connectivity index (χ0n) is 7.02. The molecule has 0 bridgehead atoms. The zero-order chi connectivity index (χ0) is 9.72. The van der Waals surface area contributed by atoms with Crippen LogP contribution in [0.25, 0.3) is 0 Å². The highest BCUT2D eigenvalue weighted by Gasteiger charge is 2.07. The monoisotopic (exact) mass is 208 g/mol. The highest BCUT2D eigenvalue weighted by atomic mass is 32.1. The van der Waals surface area contributed by atoms with Crippen molar-refractivity contribution in [2.45, 2.75) is 13.8 Å². The Hall–Kier alpha value is -0.360. The average Bonchev–Trinajstić information content (AvgIpc) is 1.98. The maximum atomic E-state index is 10.6. The summed E-state index contributed by atoms with van der Waals surface area (Å²) in [7, 11) is 0. The van der Waals surface area contributed by atoms with Gasteiger partial charge in [-0.05, 0) is 0 Å².